The minimum absolute atomic E-state index is 0.00476. The van der Waals surface area contributed by atoms with Crippen molar-refractivity contribution in [3.8, 4) is 23.0 Å². The molecular formula is C18H11N3O4. The third-order valence-corrected chi connectivity index (χ3v) is 3.61. The number of furan rings is 1. The molecule has 0 N–H and O–H groups in total. The highest BCUT2D eigenvalue weighted by Crippen LogP contribution is 2.33. The summed E-state index contributed by atoms with van der Waals surface area (Å²) in [7, 11) is 0. The molecule has 0 radical (unpaired) electrons. The van der Waals surface area contributed by atoms with Crippen molar-refractivity contribution in [2.45, 2.75) is 0 Å². The molecule has 2 aromatic heterocycles. The van der Waals surface area contributed by atoms with Gasteiger partial charge in [-0.1, -0.05) is 30.3 Å². The summed E-state index contributed by atoms with van der Waals surface area (Å²) in [6, 6.07) is 17.2. The molecule has 2 heterocycles. The Morgan fingerprint density at radius 3 is 2.48 bits per heavy atom. The highest BCUT2D eigenvalue weighted by Gasteiger charge is 2.14. The Balaban J connectivity index is 1.70. The third kappa shape index (κ3) is 2.90. The number of nitrogens with zero attached hydrogens (tertiary/aromatic N) is 3. The predicted octanol–water partition coefficient (Wildman–Crippen LogP) is 4.59. The van der Waals surface area contributed by atoms with E-state index in [1.54, 1.807) is 0 Å². The van der Waals surface area contributed by atoms with Gasteiger partial charge in [-0.15, -0.1) is 0 Å². The zero-order valence-corrected chi connectivity index (χ0v) is 12.8. The van der Waals surface area contributed by atoms with Gasteiger partial charge >= 0.3 is 0 Å². The lowest BCUT2D eigenvalue weighted by molar-refractivity contribution is -0.384. The zero-order chi connectivity index (χ0) is 17.2. The van der Waals surface area contributed by atoms with E-state index in [1.165, 1.54) is 30.6 Å². The largest absolute Gasteiger partial charge is 0.438 e. The fraction of sp³-hybridized carbons (Fsp3) is 0. The minimum atomic E-state index is -0.463. The van der Waals surface area contributed by atoms with E-state index in [2.05, 4.69) is 9.97 Å². The second-order valence-electron chi connectivity index (χ2n) is 5.23. The van der Waals surface area contributed by atoms with Gasteiger partial charge in [0, 0.05) is 17.7 Å². The lowest BCUT2D eigenvalue weighted by Crippen LogP contribution is -1.91. The number of rotatable bonds is 4. The number of ether oxygens (including phenoxy) is 1. The van der Waals surface area contributed by atoms with Crippen LogP contribution >= 0.6 is 0 Å². The van der Waals surface area contributed by atoms with Gasteiger partial charge in [-0.2, -0.15) is 0 Å². The first kappa shape index (κ1) is 14.8. The average Bonchev–Trinajstić information content (AvgIpc) is 3.08. The number of hydrogen-bond acceptors (Lipinski definition) is 6. The molecule has 0 spiro atoms. The van der Waals surface area contributed by atoms with E-state index in [4.69, 9.17) is 9.15 Å². The van der Waals surface area contributed by atoms with Crippen LogP contribution in [0.2, 0.25) is 0 Å². The molecule has 0 amide bonds. The molecule has 0 aliphatic carbocycles. The van der Waals surface area contributed by atoms with Gasteiger partial charge in [0.2, 0.25) is 11.6 Å². The smallest absolute Gasteiger partial charge is 0.269 e. The fourth-order valence-corrected chi connectivity index (χ4v) is 2.41. The van der Waals surface area contributed by atoms with Gasteiger partial charge in [0.05, 0.1) is 4.92 Å². The van der Waals surface area contributed by atoms with Crippen molar-refractivity contribution in [3.05, 3.63) is 77.1 Å². The lowest BCUT2D eigenvalue weighted by atomic mass is 10.2. The van der Waals surface area contributed by atoms with E-state index in [0.717, 1.165) is 5.56 Å². The molecule has 0 aliphatic heterocycles. The number of nitro groups is 1. The lowest BCUT2D eigenvalue weighted by Gasteiger charge is -2.04. The topological polar surface area (TPSA) is 91.3 Å². The molecule has 0 saturated carbocycles. The summed E-state index contributed by atoms with van der Waals surface area (Å²) in [6.07, 6.45) is 1.35. The van der Waals surface area contributed by atoms with Gasteiger partial charge in [0.15, 0.2) is 0 Å². The van der Waals surface area contributed by atoms with Crippen molar-refractivity contribution in [2.24, 2.45) is 0 Å². The van der Waals surface area contributed by atoms with Crippen LogP contribution in [-0.4, -0.2) is 14.9 Å². The SMILES string of the molecule is O=[N+]([O-])c1ccc(Oc2ncnc3oc(-c4ccccc4)cc23)cc1. The molecule has 25 heavy (non-hydrogen) atoms. The van der Waals surface area contributed by atoms with E-state index < -0.39 is 4.92 Å². The normalized spacial score (nSPS) is 10.7. The van der Waals surface area contributed by atoms with Crippen LogP contribution in [0.5, 0.6) is 11.6 Å². The molecule has 7 heteroatoms. The van der Waals surface area contributed by atoms with E-state index >= 15 is 0 Å². The van der Waals surface area contributed by atoms with Crippen LogP contribution in [-0.2, 0) is 0 Å². The molecule has 0 saturated heterocycles. The maximum atomic E-state index is 10.7. The second-order valence-corrected chi connectivity index (χ2v) is 5.23. The summed E-state index contributed by atoms with van der Waals surface area (Å²) >= 11 is 0. The Hall–Kier alpha value is -3.74. The van der Waals surface area contributed by atoms with Gasteiger partial charge in [-0.05, 0) is 18.2 Å². The molecule has 7 nitrogen and oxygen atoms in total. The quantitative estimate of drug-likeness (QED) is 0.400. The Labute approximate surface area is 141 Å². The molecule has 4 aromatic rings. The van der Waals surface area contributed by atoms with Crippen molar-refractivity contribution >= 4 is 16.8 Å². The highest BCUT2D eigenvalue weighted by atomic mass is 16.6. The minimum Gasteiger partial charge on any atom is -0.438 e. The Morgan fingerprint density at radius 2 is 1.76 bits per heavy atom. The molecule has 2 aromatic carbocycles. The summed E-state index contributed by atoms with van der Waals surface area (Å²) in [4.78, 5) is 18.5. The number of fused-ring (bicyclic) bond motifs is 1. The van der Waals surface area contributed by atoms with Crippen molar-refractivity contribution in [2.75, 3.05) is 0 Å². The van der Waals surface area contributed by atoms with Gasteiger partial charge in [0.1, 0.15) is 23.2 Å². The van der Waals surface area contributed by atoms with Crippen molar-refractivity contribution in [1.82, 2.24) is 9.97 Å². The summed E-state index contributed by atoms with van der Waals surface area (Å²) in [5, 5.41) is 11.3. The standard InChI is InChI=1S/C18H11N3O4/c22-21(23)13-6-8-14(9-7-13)24-17-15-10-16(12-4-2-1-3-5-12)25-18(15)20-11-19-17/h1-11H. The second kappa shape index (κ2) is 6.04. The van der Waals surface area contributed by atoms with Gasteiger partial charge in [-0.25, -0.2) is 9.97 Å². The van der Waals surface area contributed by atoms with E-state index in [0.29, 0.717) is 28.5 Å². The average molecular weight is 333 g/mol. The Kier molecular flexibility index (Phi) is 3.59. The van der Waals surface area contributed by atoms with E-state index in [-0.39, 0.29) is 5.69 Å². The number of hydrogen-bond donors (Lipinski definition) is 0. The van der Waals surface area contributed by atoms with Gasteiger partial charge in [-0.3, -0.25) is 10.1 Å². The molecule has 0 bridgehead atoms. The molecule has 0 unspecified atom stereocenters. The van der Waals surface area contributed by atoms with Crippen LogP contribution in [0, 0.1) is 10.1 Å². The molecule has 122 valence electrons. The summed E-state index contributed by atoms with van der Waals surface area (Å²) in [5.74, 6) is 1.42. The van der Waals surface area contributed by atoms with Crippen molar-refractivity contribution < 1.29 is 14.1 Å². The summed E-state index contributed by atoms with van der Waals surface area (Å²) in [6.45, 7) is 0. The van der Waals surface area contributed by atoms with Crippen LogP contribution in [0.25, 0.3) is 22.4 Å². The number of benzene rings is 2. The van der Waals surface area contributed by atoms with Gasteiger partial charge in [0.25, 0.3) is 5.69 Å². The van der Waals surface area contributed by atoms with Crippen LogP contribution < -0.4 is 4.74 Å². The number of nitro benzene ring substituents is 1. The first-order valence-corrected chi connectivity index (χ1v) is 7.43. The van der Waals surface area contributed by atoms with Gasteiger partial charge < -0.3 is 9.15 Å². The first-order chi connectivity index (χ1) is 12.2. The Morgan fingerprint density at radius 1 is 1.00 bits per heavy atom. The molecular weight excluding hydrogens is 322 g/mol. The number of aromatic nitrogens is 2. The summed E-state index contributed by atoms with van der Waals surface area (Å²) in [5.41, 5.74) is 1.32. The molecule has 0 aliphatic rings. The predicted molar refractivity (Wildman–Crippen MR) is 90.4 cm³/mol. The third-order valence-electron chi connectivity index (χ3n) is 3.61. The maximum Gasteiger partial charge on any atom is 0.269 e. The molecule has 0 fully saturated rings. The van der Waals surface area contributed by atoms with E-state index in [1.807, 2.05) is 36.4 Å². The fourth-order valence-electron chi connectivity index (χ4n) is 2.41. The summed E-state index contributed by atoms with van der Waals surface area (Å²) < 4.78 is 11.5. The van der Waals surface area contributed by atoms with Crippen molar-refractivity contribution in [3.63, 3.8) is 0 Å². The Bertz CT molecular complexity index is 1040. The zero-order valence-electron chi connectivity index (χ0n) is 12.8. The monoisotopic (exact) mass is 333 g/mol. The van der Waals surface area contributed by atoms with E-state index in [9.17, 15) is 10.1 Å². The van der Waals surface area contributed by atoms with Crippen LogP contribution in [0.3, 0.4) is 0 Å². The maximum absolute atomic E-state index is 10.7. The van der Waals surface area contributed by atoms with Crippen LogP contribution in [0.4, 0.5) is 5.69 Å². The van der Waals surface area contributed by atoms with Crippen molar-refractivity contribution in [1.29, 1.82) is 0 Å². The van der Waals surface area contributed by atoms with Crippen LogP contribution in [0.15, 0.2) is 71.4 Å². The molecule has 0 atom stereocenters. The number of non-ortho nitro benzene ring substituents is 1. The van der Waals surface area contributed by atoms with Crippen LogP contribution in [0.1, 0.15) is 0 Å². The molecule has 4 rings (SSSR count). The first-order valence-electron chi connectivity index (χ1n) is 7.43. The highest BCUT2D eigenvalue weighted by molar-refractivity contribution is 5.84.